The van der Waals surface area contributed by atoms with Gasteiger partial charge in [0, 0.05) is 31.9 Å². The Balaban J connectivity index is 1.26. The Morgan fingerprint density at radius 2 is 2.09 bits per heavy atom. The van der Waals surface area contributed by atoms with Crippen LogP contribution in [0.2, 0.25) is 0 Å². The van der Waals surface area contributed by atoms with Crippen molar-refractivity contribution in [1.29, 1.82) is 0 Å². The maximum absolute atomic E-state index is 12.6. The molecule has 2 aliphatic heterocycles. The van der Waals surface area contributed by atoms with Crippen LogP contribution in [0.5, 0.6) is 0 Å². The zero-order valence-electron chi connectivity index (χ0n) is 18.8. The van der Waals surface area contributed by atoms with Crippen LogP contribution in [0.15, 0.2) is 42.9 Å². The van der Waals surface area contributed by atoms with Gasteiger partial charge in [0.05, 0.1) is 18.9 Å². The molecule has 4 heterocycles. The highest BCUT2D eigenvalue weighted by molar-refractivity contribution is 6.04. The summed E-state index contributed by atoms with van der Waals surface area (Å²) in [5.74, 6) is 2.05. The van der Waals surface area contributed by atoms with Crippen molar-refractivity contribution in [3.8, 4) is 0 Å². The number of hydrogen-bond acceptors (Lipinski definition) is 6. The van der Waals surface area contributed by atoms with Crippen molar-refractivity contribution in [2.24, 2.45) is 0 Å². The molecular formula is C24H29N7O. The van der Waals surface area contributed by atoms with E-state index >= 15 is 0 Å². The van der Waals surface area contributed by atoms with Gasteiger partial charge in [0.2, 0.25) is 11.9 Å². The number of aromatic nitrogens is 4. The summed E-state index contributed by atoms with van der Waals surface area (Å²) < 4.78 is 1.96. The van der Waals surface area contributed by atoms with Gasteiger partial charge in [-0.3, -0.25) is 9.48 Å². The van der Waals surface area contributed by atoms with E-state index in [4.69, 9.17) is 4.98 Å². The molecule has 2 aromatic heterocycles. The first-order valence-electron chi connectivity index (χ1n) is 11.2. The van der Waals surface area contributed by atoms with Gasteiger partial charge >= 0.3 is 0 Å². The van der Waals surface area contributed by atoms with E-state index in [0.717, 1.165) is 43.0 Å². The van der Waals surface area contributed by atoms with Crippen LogP contribution in [-0.4, -0.2) is 45.3 Å². The van der Waals surface area contributed by atoms with Gasteiger partial charge in [-0.1, -0.05) is 38.1 Å². The third kappa shape index (κ3) is 3.81. The Kier molecular flexibility index (Phi) is 5.28. The van der Waals surface area contributed by atoms with Crippen LogP contribution in [0.25, 0.3) is 0 Å². The molecule has 0 bridgehead atoms. The summed E-state index contributed by atoms with van der Waals surface area (Å²) in [7, 11) is 1.80. The van der Waals surface area contributed by atoms with Crippen molar-refractivity contribution in [3.05, 3.63) is 59.5 Å². The lowest BCUT2D eigenvalue weighted by molar-refractivity contribution is -0.119. The van der Waals surface area contributed by atoms with Crippen molar-refractivity contribution in [1.82, 2.24) is 19.7 Å². The molecule has 8 heteroatoms. The number of fused-ring (bicyclic) bond motifs is 3. The fraction of sp³-hybridized carbons (Fsp3) is 0.417. The summed E-state index contributed by atoms with van der Waals surface area (Å²) in [4.78, 5) is 25.5. The maximum Gasteiger partial charge on any atom is 0.249 e. The number of carbonyl (C=O) groups excluding carboxylic acids is 1. The first kappa shape index (κ1) is 20.5. The normalized spacial score (nSPS) is 17.6. The Morgan fingerprint density at radius 3 is 2.94 bits per heavy atom. The van der Waals surface area contributed by atoms with Crippen LogP contribution in [0.1, 0.15) is 49.3 Å². The number of hydrogen-bond donors (Lipinski definition) is 1. The molecule has 8 nitrogen and oxygen atoms in total. The molecule has 2 aliphatic rings. The highest BCUT2D eigenvalue weighted by atomic mass is 16.2. The van der Waals surface area contributed by atoms with Gasteiger partial charge < -0.3 is 15.1 Å². The van der Waals surface area contributed by atoms with Crippen molar-refractivity contribution in [3.63, 3.8) is 0 Å². The van der Waals surface area contributed by atoms with E-state index in [0.29, 0.717) is 18.4 Å². The lowest BCUT2D eigenvalue weighted by Gasteiger charge is -2.36. The van der Waals surface area contributed by atoms with Crippen LogP contribution in [-0.2, 0) is 17.9 Å². The molecule has 0 radical (unpaired) electrons. The van der Waals surface area contributed by atoms with E-state index < -0.39 is 0 Å². The van der Waals surface area contributed by atoms with Crippen LogP contribution < -0.4 is 15.1 Å². The Hall–Kier alpha value is -3.42. The molecule has 0 spiro atoms. The fourth-order valence-electron chi connectivity index (χ4n) is 4.52. The molecule has 0 saturated carbocycles. The summed E-state index contributed by atoms with van der Waals surface area (Å²) in [6.45, 7) is 6.60. The van der Waals surface area contributed by atoms with Gasteiger partial charge in [0.15, 0.2) is 5.82 Å². The zero-order valence-corrected chi connectivity index (χ0v) is 18.8. The van der Waals surface area contributed by atoms with Crippen LogP contribution in [0, 0.1) is 0 Å². The molecule has 5 rings (SSSR count). The van der Waals surface area contributed by atoms with E-state index in [-0.39, 0.29) is 11.9 Å². The van der Waals surface area contributed by atoms with E-state index in [2.05, 4.69) is 64.6 Å². The molecule has 0 aliphatic carbocycles. The molecule has 1 fully saturated rings. The number of rotatable bonds is 6. The largest absolute Gasteiger partial charge is 0.350 e. The number of nitrogens with one attached hydrogen (secondary N) is 1. The average Bonchev–Trinajstić information content (AvgIpc) is 3.46. The lowest BCUT2D eigenvalue weighted by atomic mass is 10.0. The summed E-state index contributed by atoms with van der Waals surface area (Å²) in [5.41, 5.74) is 4.43. The predicted octanol–water partition coefficient (Wildman–Crippen LogP) is 3.40. The highest BCUT2D eigenvalue weighted by Crippen LogP contribution is 2.37. The second-order valence-corrected chi connectivity index (χ2v) is 8.95. The maximum atomic E-state index is 12.6. The molecule has 0 unspecified atom stereocenters. The minimum atomic E-state index is -0.0947. The van der Waals surface area contributed by atoms with E-state index in [1.807, 2.05) is 10.9 Å². The van der Waals surface area contributed by atoms with Gasteiger partial charge in [-0.25, -0.2) is 4.98 Å². The first-order valence-corrected chi connectivity index (χ1v) is 11.2. The van der Waals surface area contributed by atoms with Gasteiger partial charge in [0.1, 0.15) is 11.7 Å². The van der Waals surface area contributed by atoms with Crippen LogP contribution >= 0.6 is 0 Å². The standard InChI is InChI=1S/C24H29N7O/c1-16(2)19-7-4-6-17(10-19)14-30-15-18(12-27-30)11-25-24-26-13-21-22(28-24)31-9-5-8-20(31)23(32)29(21)3/h4,6-7,10,12-13,15-16,20H,5,8-9,11,14H2,1-3H3,(H,25,26,28)/t20-/m0/s1. The summed E-state index contributed by atoms with van der Waals surface area (Å²) >= 11 is 0. The molecule has 1 N–H and O–H groups in total. The van der Waals surface area contributed by atoms with E-state index in [1.165, 1.54) is 11.1 Å². The van der Waals surface area contributed by atoms with Gasteiger partial charge in [-0.2, -0.15) is 10.1 Å². The van der Waals surface area contributed by atoms with Crippen LogP contribution in [0.3, 0.4) is 0 Å². The quantitative estimate of drug-likeness (QED) is 0.644. The van der Waals surface area contributed by atoms with Crippen LogP contribution in [0.4, 0.5) is 17.5 Å². The first-order chi connectivity index (χ1) is 15.5. The Morgan fingerprint density at radius 1 is 1.22 bits per heavy atom. The van der Waals surface area contributed by atoms with E-state index in [1.54, 1.807) is 18.1 Å². The van der Waals surface area contributed by atoms with Crippen molar-refractivity contribution < 1.29 is 4.79 Å². The Bertz CT molecular complexity index is 1140. The summed E-state index contributed by atoms with van der Waals surface area (Å²) in [5, 5.41) is 7.83. The molecule has 32 heavy (non-hydrogen) atoms. The summed E-state index contributed by atoms with van der Waals surface area (Å²) in [6, 6.07) is 8.57. The number of likely N-dealkylation sites (N-methyl/N-ethyl adjacent to an activating group) is 1. The number of anilines is 3. The van der Waals surface area contributed by atoms with Crippen molar-refractivity contribution in [2.45, 2.75) is 51.7 Å². The van der Waals surface area contributed by atoms with Gasteiger partial charge in [0.25, 0.3) is 0 Å². The summed E-state index contributed by atoms with van der Waals surface area (Å²) in [6.07, 6.45) is 7.56. The van der Waals surface area contributed by atoms with Crippen molar-refractivity contribution in [2.75, 3.05) is 28.7 Å². The zero-order chi connectivity index (χ0) is 22.2. The molecule has 166 valence electrons. The van der Waals surface area contributed by atoms with Gasteiger partial charge in [-0.05, 0) is 29.9 Å². The number of carbonyl (C=O) groups is 1. The molecule has 1 aromatic carbocycles. The topological polar surface area (TPSA) is 79.2 Å². The van der Waals surface area contributed by atoms with Gasteiger partial charge in [-0.15, -0.1) is 0 Å². The number of benzene rings is 1. The fourth-order valence-corrected chi connectivity index (χ4v) is 4.52. The monoisotopic (exact) mass is 431 g/mol. The van der Waals surface area contributed by atoms with Crippen molar-refractivity contribution >= 4 is 23.4 Å². The highest BCUT2D eigenvalue weighted by Gasteiger charge is 2.40. The minimum absolute atomic E-state index is 0.0947. The SMILES string of the molecule is CC(C)c1cccc(Cn2cc(CNc3ncc4c(n3)N3CCC[C@H]3C(=O)N4C)cn2)c1. The molecule has 1 atom stereocenters. The average molecular weight is 432 g/mol. The predicted molar refractivity (Wildman–Crippen MR) is 125 cm³/mol. The number of amides is 1. The Labute approximate surface area is 188 Å². The molecule has 1 amide bonds. The second-order valence-electron chi connectivity index (χ2n) is 8.95. The molecular weight excluding hydrogens is 402 g/mol. The second kappa shape index (κ2) is 8.26. The van der Waals surface area contributed by atoms with E-state index in [9.17, 15) is 4.79 Å². The third-order valence-electron chi connectivity index (χ3n) is 6.35. The lowest BCUT2D eigenvalue weighted by Crippen LogP contribution is -2.49. The smallest absolute Gasteiger partial charge is 0.249 e. The third-order valence-corrected chi connectivity index (χ3v) is 6.35. The molecule has 1 saturated heterocycles. The minimum Gasteiger partial charge on any atom is -0.350 e. The number of nitrogens with zero attached hydrogens (tertiary/aromatic N) is 6. The molecule has 3 aromatic rings.